The lowest BCUT2D eigenvalue weighted by atomic mass is 10.1. The van der Waals surface area contributed by atoms with E-state index < -0.39 is 10.8 Å². The summed E-state index contributed by atoms with van der Waals surface area (Å²) in [5, 5.41) is 16.4. The van der Waals surface area contributed by atoms with Gasteiger partial charge in [-0.15, -0.1) is 11.3 Å². The van der Waals surface area contributed by atoms with Crippen molar-refractivity contribution >= 4 is 22.9 Å². The molecule has 1 N–H and O–H groups in total. The van der Waals surface area contributed by atoms with Crippen LogP contribution >= 0.6 is 11.3 Å². The summed E-state index contributed by atoms with van der Waals surface area (Å²) in [7, 11) is 0. The first-order valence-electron chi connectivity index (χ1n) is 7.73. The topological polar surface area (TPSA) is 94.4 Å². The largest absolute Gasteiger partial charge is 0.457 e. The maximum absolute atomic E-state index is 12.6. The van der Waals surface area contributed by atoms with Gasteiger partial charge < -0.3 is 10.1 Å². The third-order valence-electron chi connectivity index (χ3n) is 3.46. The predicted molar refractivity (Wildman–Crippen MR) is 97.6 cm³/mol. The van der Waals surface area contributed by atoms with Crippen molar-refractivity contribution in [2.75, 3.05) is 0 Å². The van der Waals surface area contributed by atoms with Gasteiger partial charge in [0.25, 0.3) is 11.6 Å². The van der Waals surface area contributed by atoms with Gasteiger partial charge in [0.05, 0.1) is 17.0 Å². The minimum atomic E-state index is -0.548. The number of rotatable bonds is 6. The highest BCUT2D eigenvalue weighted by Gasteiger charge is 2.18. The zero-order chi connectivity index (χ0) is 18.5. The molecule has 26 heavy (non-hydrogen) atoms. The lowest BCUT2D eigenvalue weighted by Gasteiger charge is -2.11. The number of nitrogens with zero attached hydrogens (tertiary/aromatic N) is 2. The Morgan fingerprint density at radius 3 is 2.69 bits per heavy atom. The van der Waals surface area contributed by atoms with E-state index in [1.165, 1.54) is 29.5 Å². The Morgan fingerprint density at radius 2 is 2.04 bits per heavy atom. The summed E-state index contributed by atoms with van der Waals surface area (Å²) in [4.78, 5) is 27.4. The average Bonchev–Trinajstić information content (AvgIpc) is 3.06. The maximum Gasteiger partial charge on any atom is 0.270 e. The predicted octanol–water partition coefficient (Wildman–Crippen LogP) is 4.08. The Balaban J connectivity index is 1.85. The number of nitro benzene ring substituents is 1. The van der Waals surface area contributed by atoms with Gasteiger partial charge in [0.15, 0.2) is 0 Å². The fraction of sp³-hybridized carbons (Fsp3) is 0.111. The number of aromatic nitrogens is 1. The summed E-state index contributed by atoms with van der Waals surface area (Å²) in [6.45, 7) is 2.11. The van der Waals surface area contributed by atoms with Crippen molar-refractivity contribution in [1.29, 1.82) is 0 Å². The van der Waals surface area contributed by atoms with Crippen LogP contribution < -0.4 is 10.1 Å². The molecule has 3 aromatic rings. The molecule has 2 aromatic carbocycles. The number of nitrogens with one attached hydrogen (secondary N) is 1. The molecule has 0 aliphatic rings. The number of hydrogen-bond acceptors (Lipinski definition) is 6. The number of carbonyl (C=O) groups excluding carboxylic acids is 1. The van der Waals surface area contributed by atoms with Crippen molar-refractivity contribution in [1.82, 2.24) is 10.3 Å². The number of carbonyl (C=O) groups is 1. The summed E-state index contributed by atoms with van der Waals surface area (Å²) < 4.78 is 5.73. The highest BCUT2D eigenvalue weighted by molar-refractivity contribution is 7.09. The van der Waals surface area contributed by atoms with Crippen LogP contribution in [0.1, 0.15) is 21.1 Å². The first kappa shape index (κ1) is 17.6. The number of hydrogen-bond donors (Lipinski definition) is 1. The number of para-hydroxylation sites is 1. The van der Waals surface area contributed by atoms with Gasteiger partial charge in [-0.2, -0.15) is 0 Å². The van der Waals surface area contributed by atoms with Gasteiger partial charge in [-0.3, -0.25) is 14.9 Å². The van der Waals surface area contributed by atoms with Crippen LogP contribution in [0.5, 0.6) is 11.5 Å². The fourth-order valence-corrected chi connectivity index (χ4v) is 2.96. The monoisotopic (exact) mass is 369 g/mol. The van der Waals surface area contributed by atoms with E-state index in [9.17, 15) is 14.9 Å². The van der Waals surface area contributed by atoms with Gasteiger partial charge in [0.1, 0.15) is 16.5 Å². The second kappa shape index (κ2) is 7.75. The molecule has 0 saturated carbocycles. The molecular formula is C18H15N3O4S. The standard InChI is InChI=1S/C18H15N3O4S/c1-12-11-26-17(20-12)10-19-18(22)15-9-13(21(23)24)7-8-16(15)25-14-5-3-2-4-6-14/h2-9,11H,10H2,1H3,(H,19,22). The number of ether oxygens (including phenoxy) is 1. The van der Waals surface area contributed by atoms with Crippen molar-refractivity contribution in [3.05, 3.63) is 80.3 Å². The van der Waals surface area contributed by atoms with E-state index >= 15 is 0 Å². The smallest absolute Gasteiger partial charge is 0.270 e. The van der Waals surface area contributed by atoms with Crippen LogP contribution in [-0.4, -0.2) is 15.8 Å². The molecule has 0 bridgehead atoms. The second-order valence-corrected chi connectivity index (χ2v) is 6.36. The van der Waals surface area contributed by atoms with Crippen LogP contribution in [0.15, 0.2) is 53.9 Å². The van der Waals surface area contributed by atoms with E-state index in [0.717, 1.165) is 10.7 Å². The lowest BCUT2D eigenvalue weighted by Crippen LogP contribution is -2.23. The van der Waals surface area contributed by atoms with Crippen molar-refractivity contribution in [2.45, 2.75) is 13.5 Å². The molecule has 0 atom stereocenters. The van der Waals surface area contributed by atoms with Crippen molar-refractivity contribution < 1.29 is 14.5 Å². The molecule has 7 nitrogen and oxygen atoms in total. The van der Waals surface area contributed by atoms with E-state index in [-0.39, 0.29) is 23.5 Å². The summed E-state index contributed by atoms with van der Waals surface area (Å²) in [6, 6.07) is 12.8. The molecule has 3 rings (SSSR count). The molecule has 0 aliphatic heterocycles. The van der Waals surface area contributed by atoms with E-state index in [2.05, 4.69) is 10.3 Å². The summed E-state index contributed by atoms with van der Waals surface area (Å²) in [6.07, 6.45) is 0. The SMILES string of the molecule is Cc1csc(CNC(=O)c2cc([N+](=O)[O-])ccc2Oc2ccccc2)n1. The maximum atomic E-state index is 12.6. The highest BCUT2D eigenvalue weighted by Crippen LogP contribution is 2.28. The zero-order valence-corrected chi connectivity index (χ0v) is 14.7. The molecule has 0 radical (unpaired) electrons. The first-order valence-corrected chi connectivity index (χ1v) is 8.61. The van der Waals surface area contributed by atoms with Gasteiger partial charge in [-0.05, 0) is 25.1 Å². The summed E-state index contributed by atoms with van der Waals surface area (Å²) >= 11 is 1.44. The highest BCUT2D eigenvalue weighted by atomic mass is 32.1. The molecule has 1 amide bonds. The average molecular weight is 369 g/mol. The lowest BCUT2D eigenvalue weighted by molar-refractivity contribution is -0.384. The number of non-ortho nitro benzene ring substituents is 1. The van der Waals surface area contributed by atoms with E-state index in [1.807, 2.05) is 18.4 Å². The first-order chi connectivity index (χ1) is 12.5. The van der Waals surface area contributed by atoms with E-state index in [0.29, 0.717) is 5.75 Å². The zero-order valence-electron chi connectivity index (χ0n) is 13.8. The molecule has 1 heterocycles. The van der Waals surface area contributed by atoms with Crippen molar-refractivity contribution in [2.24, 2.45) is 0 Å². The molecule has 8 heteroatoms. The molecular weight excluding hydrogens is 354 g/mol. The Kier molecular flexibility index (Phi) is 5.23. The van der Waals surface area contributed by atoms with Gasteiger partial charge >= 0.3 is 0 Å². The fourth-order valence-electron chi connectivity index (χ4n) is 2.25. The van der Waals surface area contributed by atoms with Gasteiger partial charge in [0.2, 0.25) is 0 Å². The number of benzene rings is 2. The quantitative estimate of drug-likeness (QED) is 0.522. The Labute approximate surface area is 153 Å². The third kappa shape index (κ3) is 4.22. The number of aryl methyl sites for hydroxylation is 1. The molecule has 0 spiro atoms. The van der Waals surface area contributed by atoms with Crippen LogP contribution in [0.3, 0.4) is 0 Å². The van der Waals surface area contributed by atoms with Crippen molar-refractivity contribution in [3.8, 4) is 11.5 Å². The van der Waals surface area contributed by atoms with Crippen LogP contribution in [0.25, 0.3) is 0 Å². The molecule has 0 saturated heterocycles. The minimum absolute atomic E-state index is 0.0938. The molecule has 0 unspecified atom stereocenters. The van der Waals surface area contributed by atoms with Crippen LogP contribution in [-0.2, 0) is 6.54 Å². The van der Waals surface area contributed by atoms with E-state index in [4.69, 9.17) is 4.74 Å². The van der Waals surface area contributed by atoms with Crippen LogP contribution in [0, 0.1) is 17.0 Å². The Morgan fingerprint density at radius 1 is 1.27 bits per heavy atom. The second-order valence-electron chi connectivity index (χ2n) is 5.42. The minimum Gasteiger partial charge on any atom is -0.457 e. The van der Waals surface area contributed by atoms with E-state index in [1.54, 1.807) is 24.3 Å². The Bertz CT molecular complexity index is 941. The molecule has 132 valence electrons. The molecule has 0 aliphatic carbocycles. The Hall–Kier alpha value is -3.26. The van der Waals surface area contributed by atoms with Crippen molar-refractivity contribution in [3.63, 3.8) is 0 Å². The summed E-state index contributed by atoms with van der Waals surface area (Å²) in [5.74, 6) is 0.313. The third-order valence-corrected chi connectivity index (χ3v) is 4.42. The van der Waals surface area contributed by atoms with Gasteiger partial charge in [-0.25, -0.2) is 4.98 Å². The molecule has 0 fully saturated rings. The van der Waals surface area contributed by atoms with Gasteiger partial charge in [-0.1, -0.05) is 18.2 Å². The van der Waals surface area contributed by atoms with Crippen LogP contribution in [0.4, 0.5) is 5.69 Å². The molecule has 1 aromatic heterocycles. The summed E-state index contributed by atoms with van der Waals surface area (Å²) in [5.41, 5.74) is 0.791. The number of thiazole rings is 1. The number of amides is 1. The van der Waals surface area contributed by atoms with Gasteiger partial charge in [0, 0.05) is 23.2 Å². The van der Waals surface area contributed by atoms with Crippen LogP contribution in [0.2, 0.25) is 0 Å². The normalized spacial score (nSPS) is 10.3. The number of nitro groups is 1.